The van der Waals surface area contributed by atoms with Crippen molar-refractivity contribution < 1.29 is 4.79 Å². The minimum atomic E-state index is -0.302. The van der Waals surface area contributed by atoms with Crippen LogP contribution in [-0.2, 0) is 11.3 Å². The van der Waals surface area contributed by atoms with Crippen LogP contribution in [0, 0.1) is 22.2 Å². The van der Waals surface area contributed by atoms with Crippen molar-refractivity contribution in [3.8, 4) is 6.07 Å². The van der Waals surface area contributed by atoms with Gasteiger partial charge in [0, 0.05) is 30.8 Å². The molecule has 3 fully saturated rings. The maximum Gasteiger partial charge on any atom is 0.249 e. The summed E-state index contributed by atoms with van der Waals surface area (Å²) in [5, 5.41) is 20.8. The summed E-state index contributed by atoms with van der Waals surface area (Å²) >= 11 is 0. The van der Waals surface area contributed by atoms with Gasteiger partial charge in [-0.05, 0) is 55.0 Å². The number of hydrazone groups is 1. The number of hydrogen-bond donors (Lipinski definition) is 0. The summed E-state index contributed by atoms with van der Waals surface area (Å²) in [6, 6.07) is 13.7. The summed E-state index contributed by atoms with van der Waals surface area (Å²) < 4.78 is 4.07. The summed E-state index contributed by atoms with van der Waals surface area (Å²) in [5.41, 5.74) is 2.52. The molecule has 3 aliphatic carbocycles. The summed E-state index contributed by atoms with van der Waals surface area (Å²) in [4.78, 5) is 18.2. The van der Waals surface area contributed by atoms with Crippen molar-refractivity contribution in [2.45, 2.75) is 38.3 Å². The molecule has 4 heterocycles. The topological polar surface area (TPSA) is 91.6 Å². The molecule has 1 aromatic carbocycles. The zero-order valence-corrected chi connectivity index (χ0v) is 17.9. The molecule has 1 aliphatic heterocycles. The molecular formula is C25H21N7O. The first-order chi connectivity index (χ1) is 16.1. The van der Waals surface area contributed by atoms with E-state index in [2.05, 4.69) is 21.3 Å². The van der Waals surface area contributed by atoms with Gasteiger partial charge in [0.1, 0.15) is 11.9 Å². The molecule has 8 rings (SSSR count). The van der Waals surface area contributed by atoms with Gasteiger partial charge in [-0.2, -0.15) is 15.5 Å². The SMILES string of the molecule is N#Cc1ccc2c(cnn2CC23CC(C(=O)N4N=CCC4c4ncc5ccccn45)(C2)C3)c1. The first kappa shape index (κ1) is 18.6. The molecule has 3 aromatic heterocycles. The van der Waals surface area contributed by atoms with E-state index >= 15 is 0 Å². The van der Waals surface area contributed by atoms with Crippen molar-refractivity contribution >= 4 is 28.5 Å². The number of nitrogens with zero attached hydrogens (tertiary/aromatic N) is 7. The van der Waals surface area contributed by atoms with Crippen LogP contribution in [0.5, 0.6) is 0 Å². The molecule has 0 radical (unpaired) electrons. The Hall–Kier alpha value is -3.99. The van der Waals surface area contributed by atoms with E-state index in [0.29, 0.717) is 12.0 Å². The molecule has 1 atom stereocenters. The maximum absolute atomic E-state index is 13.6. The fourth-order valence-corrected chi connectivity index (χ4v) is 6.27. The summed E-state index contributed by atoms with van der Waals surface area (Å²) in [6.45, 7) is 0.801. The number of benzene rings is 1. The Bertz CT molecular complexity index is 1500. The minimum Gasteiger partial charge on any atom is -0.302 e. The molecule has 8 heteroatoms. The number of rotatable bonds is 4. The van der Waals surface area contributed by atoms with Crippen LogP contribution in [-0.4, -0.2) is 36.3 Å². The average Bonchev–Trinajstić information content (AvgIpc) is 3.52. The number of nitriles is 1. The third kappa shape index (κ3) is 2.50. The predicted molar refractivity (Wildman–Crippen MR) is 121 cm³/mol. The molecule has 0 spiro atoms. The molecule has 3 saturated carbocycles. The van der Waals surface area contributed by atoms with Crippen LogP contribution in [0.3, 0.4) is 0 Å². The highest BCUT2D eigenvalue weighted by Gasteiger charge is 2.72. The van der Waals surface area contributed by atoms with Crippen molar-refractivity contribution in [2.24, 2.45) is 15.9 Å². The Morgan fingerprint density at radius 1 is 1.18 bits per heavy atom. The van der Waals surface area contributed by atoms with Crippen LogP contribution < -0.4 is 0 Å². The lowest BCUT2D eigenvalue weighted by atomic mass is 9.34. The van der Waals surface area contributed by atoms with E-state index in [4.69, 9.17) is 5.26 Å². The normalized spacial score (nSPS) is 27.5. The Morgan fingerprint density at radius 3 is 2.91 bits per heavy atom. The molecule has 2 bridgehead atoms. The molecule has 1 amide bonds. The average molecular weight is 435 g/mol. The largest absolute Gasteiger partial charge is 0.302 e. The lowest BCUT2D eigenvalue weighted by Crippen LogP contribution is -2.68. The monoisotopic (exact) mass is 435 g/mol. The number of carbonyl (C=O) groups excluding carboxylic acids is 1. The molecule has 0 N–H and O–H groups in total. The van der Waals surface area contributed by atoms with Gasteiger partial charge in [-0.1, -0.05) is 6.07 Å². The van der Waals surface area contributed by atoms with Crippen molar-refractivity contribution in [2.75, 3.05) is 0 Å². The van der Waals surface area contributed by atoms with E-state index in [1.165, 1.54) is 0 Å². The predicted octanol–water partition coefficient (Wildman–Crippen LogP) is 3.69. The molecule has 0 saturated heterocycles. The number of fused-ring (bicyclic) bond motifs is 2. The second kappa shape index (κ2) is 6.29. The van der Waals surface area contributed by atoms with Crippen molar-refractivity contribution in [1.29, 1.82) is 5.26 Å². The molecule has 33 heavy (non-hydrogen) atoms. The van der Waals surface area contributed by atoms with E-state index < -0.39 is 0 Å². The summed E-state index contributed by atoms with van der Waals surface area (Å²) in [6.07, 6.45) is 10.8. The smallest absolute Gasteiger partial charge is 0.249 e. The number of amides is 1. The highest BCUT2D eigenvalue weighted by atomic mass is 16.2. The van der Waals surface area contributed by atoms with E-state index in [9.17, 15) is 4.79 Å². The molecule has 4 aliphatic rings. The van der Waals surface area contributed by atoms with E-state index in [-0.39, 0.29) is 22.8 Å². The third-order valence-electron chi connectivity index (χ3n) is 7.65. The number of hydrogen-bond acceptors (Lipinski definition) is 5. The second-order valence-corrected chi connectivity index (χ2v) is 9.81. The van der Waals surface area contributed by atoms with Crippen molar-refractivity contribution in [3.05, 3.63) is 66.4 Å². The minimum absolute atomic E-state index is 0.125. The van der Waals surface area contributed by atoms with Crippen molar-refractivity contribution in [1.82, 2.24) is 24.2 Å². The number of pyridine rings is 1. The quantitative estimate of drug-likeness (QED) is 0.489. The van der Waals surface area contributed by atoms with Gasteiger partial charge < -0.3 is 4.40 Å². The van der Waals surface area contributed by atoms with Crippen LogP contribution in [0.2, 0.25) is 0 Å². The first-order valence-electron chi connectivity index (χ1n) is 11.2. The maximum atomic E-state index is 13.6. The molecule has 8 nitrogen and oxygen atoms in total. The highest BCUT2D eigenvalue weighted by Crippen LogP contribution is 2.74. The van der Waals surface area contributed by atoms with Gasteiger partial charge in [0.05, 0.1) is 40.5 Å². The lowest BCUT2D eigenvalue weighted by molar-refractivity contribution is -0.223. The number of imidazole rings is 1. The standard InChI is InChI=1S/C25H21N7O/c26-10-17-4-5-20-18(9-17)11-29-31(20)16-24-13-25(14-24,15-24)23(33)32-21(6-7-28-32)22-27-12-19-3-1-2-8-30(19)22/h1-5,7-9,11-12,21H,6,13-16H2. The summed E-state index contributed by atoms with van der Waals surface area (Å²) in [5.74, 6) is 0.984. The number of aromatic nitrogens is 4. The van der Waals surface area contributed by atoms with Gasteiger partial charge in [0.25, 0.3) is 0 Å². The number of carbonyl (C=O) groups is 1. The van der Waals surface area contributed by atoms with E-state index in [1.54, 1.807) is 5.01 Å². The van der Waals surface area contributed by atoms with Gasteiger partial charge in [-0.25, -0.2) is 9.99 Å². The first-order valence-corrected chi connectivity index (χ1v) is 11.2. The van der Waals surface area contributed by atoms with E-state index in [0.717, 1.165) is 48.1 Å². The van der Waals surface area contributed by atoms with Crippen LogP contribution >= 0.6 is 0 Å². The molecular weight excluding hydrogens is 414 g/mol. The van der Waals surface area contributed by atoms with Gasteiger partial charge in [-0.15, -0.1) is 0 Å². The Kier molecular flexibility index (Phi) is 3.54. The molecule has 1 unspecified atom stereocenters. The van der Waals surface area contributed by atoms with Gasteiger partial charge >= 0.3 is 0 Å². The second-order valence-electron chi connectivity index (χ2n) is 9.81. The highest BCUT2D eigenvalue weighted by molar-refractivity contribution is 5.88. The molecule has 4 aromatic rings. The van der Waals surface area contributed by atoms with Crippen LogP contribution in [0.1, 0.15) is 43.1 Å². The Labute approximate surface area is 189 Å². The van der Waals surface area contributed by atoms with Crippen LogP contribution in [0.25, 0.3) is 16.4 Å². The Balaban J connectivity index is 1.09. The van der Waals surface area contributed by atoms with Crippen LogP contribution in [0.15, 0.2) is 60.1 Å². The molecule has 162 valence electrons. The van der Waals surface area contributed by atoms with E-state index in [1.807, 2.05) is 70.3 Å². The summed E-state index contributed by atoms with van der Waals surface area (Å²) in [7, 11) is 0. The van der Waals surface area contributed by atoms with Gasteiger partial charge in [0.2, 0.25) is 5.91 Å². The fraction of sp³-hybridized carbons (Fsp3) is 0.320. The van der Waals surface area contributed by atoms with Gasteiger partial charge in [-0.3, -0.25) is 9.48 Å². The zero-order chi connectivity index (χ0) is 22.2. The Morgan fingerprint density at radius 2 is 2.06 bits per heavy atom. The fourth-order valence-electron chi connectivity index (χ4n) is 6.27. The van der Waals surface area contributed by atoms with Crippen LogP contribution in [0.4, 0.5) is 0 Å². The van der Waals surface area contributed by atoms with Gasteiger partial charge in [0.15, 0.2) is 0 Å². The lowest BCUT2D eigenvalue weighted by Gasteiger charge is -2.69. The van der Waals surface area contributed by atoms with Crippen molar-refractivity contribution in [3.63, 3.8) is 0 Å². The third-order valence-corrected chi connectivity index (χ3v) is 7.65. The zero-order valence-electron chi connectivity index (χ0n) is 17.9.